The summed E-state index contributed by atoms with van der Waals surface area (Å²) in [5.41, 5.74) is 4.68. The van der Waals surface area contributed by atoms with Gasteiger partial charge >= 0.3 is 0 Å². The Hall–Kier alpha value is -2.41. The summed E-state index contributed by atoms with van der Waals surface area (Å²) >= 11 is 0. The zero-order chi connectivity index (χ0) is 22.1. The van der Waals surface area contributed by atoms with E-state index < -0.39 is 5.60 Å². The van der Waals surface area contributed by atoms with Gasteiger partial charge in [-0.05, 0) is 55.0 Å². The fourth-order valence-corrected chi connectivity index (χ4v) is 5.15. The van der Waals surface area contributed by atoms with Gasteiger partial charge in [0.15, 0.2) is 0 Å². The number of hydrogen-bond acceptors (Lipinski definition) is 5. The molecule has 2 saturated heterocycles. The molecule has 0 aromatic heterocycles. The molecule has 170 valence electrons. The van der Waals surface area contributed by atoms with Crippen molar-refractivity contribution < 1.29 is 14.6 Å². The molecule has 32 heavy (non-hydrogen) atoms. The number of nitrogens with zero attached hydrogens (tertiary/aromatic N) is 2. The second-order valence-corrected chi connectivity index (χ2v) is 9.69. The number of benzene rings is 2. The highest BCUT2D eigenvalue weighted by Crippen LogP contribution is 2.28. The molecule has 6 nitrogen and oxygen atoms in total. The van der Waals surface area contributed by atoms with Crippen molar-refractivity contribution in [1.29, 1.82) is 0 Å². The van der Waals surface area contributed by atoms with Crippen molar-refractivity contribution in [3.8, 4) is 0 Å². The Morgan fingerprint density at radius 3 is 2.78 bits per heavy atom. The van der Waals surface area contributed by atoms with E-state index in [-0.39, 0.29) is 5.91 Å². The molecule has 3 heterocycles. The lowest BCUT2D eigenvalue weighted by molar-refractivity contribution is -0.0489. The number of aryl methyl sites for hydroxylation is 1. The molecule has 1 amide bonds. The molecular formula is C26H33N3O3. The van der Waals surface area contributed by atoms with Crippen LogP contribution in [0.5, 0.6) is 0 Å². The van der Waals surface area contributed by atoms with E-state index in [1.54, 1.807) is 0 Å². The van der Waals surface area contributed by atoms with Gasteiger partial charge in [0.1, 0.15) is 0 Å². The minimum absolute atomic E-state index is 0.0000224. The van der Waals surface area contributed by atoms with Crippen LogP contribution in [0.1, 0.15) is 39.9 Å². The molecular weight excluding hydrogens is 402 g/mol. The van der Waals surface area contributed by atoms with Crippen LogP contribution in [-0.2, 0) is 17.7 Å². The van der Waals surface area contributed by atoms with Crippen LogP contribution in [0.4, 0.5) is 5.69 Å². The molecule has 0 bridgehead atoms. The summed E-state index contributed by atoms with van der Waals surface area (Å²) in [4.78, 5) is 17.5. The van der Waals surface area contributed by atoms with Crippen LogP contribution >= 0.6 is 0 Å². The Bertz CT molecular complexity index is 990. The molecule has 5 rings (SSSR count). The van der Waals surface area contributed by atoms with Gasteiger partial charge in [-0.1, -0.05) is 30.3 Å². The second-order valence-electron chi connectivity index (χ2n) is 9.69. The average Bonchev–Trinajstić information content (AvgIpc) is 2.76. The van der Waals surface area contributed by atoms with Crippen molar-refractivity contribution in [2.45, 2.75) is 44.4 Å². The maximum Gasteiger partial charge on any atom is 0.254 e. The number of nitrogens with one attached hydrogen (secondary N) is 1. The lowest BCUT2D eigenvalue weighted by atomic mass is 9.90. The molecule has 0 spiro atoms. The summed E-state index contributed by atoms with van der Waals surface area (Å²) in [6.45, 7) is 6.96. The van der Waals surface area contributed by atoms with E-state index in [1.807, 2.05) is 30.0 Å². The van der Waals surface area contributed by atoms with Crippen molar-refractivity contribution in [2.24, 2.45) is 0 Å². The predicted octanol–water partition coefficient (Wildman–Crippen LogP) is 2.83. The Balaban J connectivity index is 1.25. The first-order valence-electron chi connectivity index (χ1n) is 11.7. The summed E-state index contributed by atoms with van der Waals surface area (Å²) in [5, 5.41) is 14.9. The van der Waals surface area contributed by atoms with Gasteiger partial charge in [0.05, 0.1) is 31.4 Å². The normalized spacial score (nSPS) is 24.0. The summed E-state index contributed by atoms with van der Waals surface area (Å²) in [5.74, 6) is 0.0000224. The number of hydrogen-bond donors (Lipinski definition) is 2. The fraction of sp³-hybridized carbons (Fsp3) is 0.500. The number of piperidine rings is 1. The van der Waals surface area contributed by atoms with Crippen molar-refractivity contribution in [3.05, 3.63) is 64.7 Å². The number of carbonyl (C=O) groups excluding carboxylic acids is 1. The van der Waals surface area contributed by atoms with Crippen LogP contribution in [0.15, 0.2) is 42.5 Å². The lowest BCUT2D eigenvalue weighted by Gasteiger charge is -2.43. The fourth-order valence-electron chi connectivity index (χ4n) is 5.15. The summed E-state index contributed by atoms with van der Waals surface area (Å²) < 4.78 is 5.26. The number of aliphatic hydroxyl groups is 1. The van der Waals surface area contributed by atoms with Crippen LogP contribution in [-0.4, -0.2) is 71.8 Å². The smallest absolute Gasteiger partial charge is 0.254 e. The van der Waals surface area contributed by atoms with Gasteiger partial charge < -0.3 is 20.1 Å². The lowest BCUT2D eigenvalue weighted by Crippen LogP contribution is -2.56. The van der Waals surface area contributed by atoms with Crippen molar-refractivity contribution in [2.75, 3.05) is 44.7 Å². The second kappa shape index (κ2) is 8.85. The van der Waals surface area contributed by atoms with E-state index >= 15 is 0 Å². The van der Waals surface area contributed by atoms with E-state index in [4.69, 9.17) is 4.74 Å². The van der Waals surface area contributed by atoms with E-state index in [9.17, 15) is 9.90 Å². The minimum Gasteiger partial charge on any atom is -0.387 e. The highest BCUT2D eigenvalue weighted by atomic mass is 16.5. The van der Waals surface area contributed by atoms with E-state index in [1.165, 1.54) is 11.1 Å². The molecule has 2 aromatic rings. The Morgan fingerprint density at radius 1 is 1.19 bits per heavy atom. The van der Waals surface area contributed by atoms with Gasteiger partial charge in [0.25, 0.3) is 5.91 Å². The van der Waals surface area contributed by atoms with Gasteiger partial charge in [-0.25, -0.2) is 0 Å². The van der Waals surface area contributed by atoms with Gasteiger partial charge in [0, 0.05) is 37.4 Å². The van der Waals surface area contributed by atoms with Gasteiger partial charge in [-0.15, -0.1) is 0 Å². The van der Waals surface area contributed by atoms with Gasteiger partial charge in [0.2, 0.25) is 0 Å². The summed E-state index contributed by atoms with van der Waals surface area (Å²) in [7, 11) is 0. The monoisotopic (exact) mass is 435 g/mol. The first-order chi connectivity index (χ1) is 15.5. The number of amides is 1. The average molecular weight is 436 g/mol. The van der Waals surface area contributed by atoms with E-state index in [2.05, 4.69) is 34.5 Å². The van der Waals surface area contributed by atoms with E-state index in [0.29, 0.717) is 44.5 Å². The number of anilines is 1. The number of fused-ring (bicyclic) bond motifs is 1. The highest BCUT2D eigenvalue weighted by molar-refractivity contribution is 5.95. The zero-order valence-electron chi connectivity index (χ0n) is 18.8. The van der Waals surface area contributed by atoms with Crippen molar-refractivity contribution in [3.63, 3.8) is 0 Å². The zero-order valence-corrected chi connectivity index (χ0v) is 18.8. The van der Waals surface area contributed by atoms with Crippen molar-refractivity contribution >= 4 is 11.6 Å². The number of likely N-dealkylation sites (tertiary alicyclic amines) is 1. The third-order valence-electron chi connectivity index (χ3n) is 7.05. The van der Waals surface area contributed by atoms with Crippen LogP contribution in [0.25, 0.3) is 0 Å². The summed E-state index contributed by atoms with van der Waals surface area (Å²) in [6, 6.07) is 14.7. The largest absolute Gasteiger partial charge is 0.387 e. The molecule has 2 fully saturated rings. The van der Waals surface area contributed by atoms with Crippen LogP contribution in [0.3, 0.4) is 0 Å². The Labute approximate surface area is 190 Å². The number of carbonyl (C=O) groups is 1. The standard InChI is InChI=1S/C26H33N3O3/c1-19-7-8-21(13-24(19)27-23-15-32-16-23)25(30)29-11-4-10-26(31,18-29)17-28-12-9-20-5-2-3-6-22(20)14-28/h2-3,5-8,13,23,27,31H,4,9-12,14-18H2,1H3. The number of β-amino-alcohol motifs (C(OH)–C–C–N with tert-alkyl or cyclic N) is 1. The first-order valence-corrected chi connectivity index (χ1v) is 11.7. The molecule has 2 N–H and O–H groups in total. The molecule has 0 saturated carbocycles. The molecule has 3 aliphatic heterocycles. The quantitative estimate of drug-likeness (QED) is 0.756. The molecule has 1 atom stereocenters. The number of ether oxygens (including phenoxy) is 1. The predicted molar refractivity (Wildman–Crippen MR) is 125 cm³/mol. The third-order valence-corrected chi connectivity index (χ3v) is 7.05. The SMILES string of the molecule is Cc1ccc(C(=O)N2CCCC(O)(CN3CCc4ccccc4C3)C2)cc1NC1COC1. The minimum atomic E-state index is -0.866. The molecule has 0 aliphatic carbocycles. The molecule has 2 aromatic carbocycles. The summed E-state index contributed by atoms with van der Waals surface area (Å²) in [6.07, 6.45) is 2.57. The number of rotatable bonds is 5. The molecule has 6 heteroatoms. The molecule has 3 aliphatic rings. The molecule has 1 unspecified atom stereocenters. The Kier molecular flexibility index (Phi) is 5.93. The highest BCUT2D eigenvalue weighted by Gasteiger charge is 2.37. The Morgan fingerprint density at radius 2 is 2.00 bits per heavy atom. The molecule has 0 radical (unpaired) electrons. The first kappa shape index (κ1) is 21.4. The van der Waals surface area contributed by atoms with Crippen molar-refractivity contribution in [1.82, 2.24) is 9.80 Å². The third kappa shape index (κ3) is 4.53. The maximum absolute atomic E-state index is 13.3. The van der Waals surface area contributed by atoms with Crippen LogP contribution in [0, 0.1) is 6.92 Å². The van der Waals surface area contributed by atoms with Gasteiger partial charge in [-0.3, -0.25) is 9.69 Å². The van der Waals surface area contributed by atoms with E-state index in [0.717, 1.165) is 43.6 Å². The topological polar surface area (TPSA) is 65.0 Å². The maximum atomic E-state index is 13.3. The van der Waals surface area contributed by atoms with Crippen LogP contribution in [0.2, 0.25) is 0 Å². The van der Waals surface area contributed by atoms with Crippen LogP contribution < -0.4 is 5.32 Å². The van der Waals surface area contributed by atoms with Gasteiger partial charge in [-0.2, -0.15) is 0 Å².